The number of hydrogen-bond acceptors (Lipinski definition) is 9. The van der Waals surface area contributed by atoms with Gasteiger partial charge in [-0.1, -0.05) is 25.1 Å². The zero-order chi connectivity index (χ0) is 26.7. The van der Waals surface area contributed by atoms with Gasteiger partial charge in [0.25, 0.3) is 5.56 Å². The van der Waals surface area contributed by atoms with Crippen LogP contribution in [0.15, 0.2) is 47.4 Å². The van der Waals surface area contributed by atoms with Gasteiger partial charge in [-0.05, 0) is 45.1 Å². The molecule has 1 fully saturated rings. The van der Waals surface area contributed by atoms with Gasteiger partial charge >= 0.3 is 13.6 Å². The Morgan fingerprint density at radius 3 is 2.58 bits per heavy atom. The number of para-hydroxylation sites is 1. The first kappa shape index (κ1) is 28.2. The lowest BCUT2D eigenvalue weighted by molar-refractivity contribution is -0.151. The zero-order valence-electron chi connectivity index (χ0n) is 20.3. The largest absolute Gasteiger partial charge is 0.463 e. The van der Waals surface area contributed by atoms with Crippen molar-refractivity contribution in [3.05, 3.63) is 57.7 Å². The van der Waals surface area contributed by atoms with E-state index in [9.17, 15) is 19.3 Å². The number of aromatic amines is 1. The van der Waals surface area contributed by atoms with Crippen LogP contribution in [0.5, 0.6) is 5.75 Å². The Balaban J connectivity index is 1.80. The van der Waals surface area contributed by atoms with Gasteiger partial charge in [-0.3, -0.25) is 23.7 Å². The number of H-pyrrole nitrogens is 1. The second-order valence-electron chi connectivity index (χ2n) is 9.05. The summed E-state index contributed by atoms with van der Waals surface area (Å²) >= 11 is 5.11. The maximum atomic E-state index is 15.3. The van der Waals surface area contributed by atoms with Gasteiger partial charge in [-0.15, -0.1) is 0 Å². The van der Waals surface area contributed by atoms with Gasteiger partial charge in [0.1, 0.15) is 17.5 Å². The van der Waals surface area contributed by atoms with Crippen molar-refractivity contribution in [1.29, 1.82) is 0 Å². The van der Waals surface area contributed by atoms with E-state index in [0.29, 0.717) is 0 Å². The number of alkyl halides is 1. The highest BCUT2D eigenvalue weighted by atomic mass is 32.1. The number of nitrogens with one attached hydrogen (secondary N) is 1. The lowest BCUT2D eigenvalue weighted by atomic mass is 9.98. The predicted octanol–water partition coefficient (Wildman–Crippen LogP) is 3.77. The number of esters is 1. The van der Waals surface area contributed by atoms with Gasteiger partial charge in [-0.25, -0.2) is 8.96 Å². The number of rotatable bonds is 10. The Morgan fingerprint density at radius 1 is 1.31 bits per heavy atom. The van der Waals surface area contributed by atoms with Gasteiger partial charge in [0.15, 0.2) is 17.2 Å². The fourth-order valence-electron chi connectivity index (χ4n) is 3.67. The van der Waals surface area contributed by atoms with Gasteiger partial charge in [0, 0.05) is 12.3 Å². The Labute approximate surface area is 212 Å². The number of carbonyl (C=O) groups excluding carboxylic acids is 1. The van der Waals surface area contributed by atoms with Crippen LogP contribution in [0, 0.1) is 10.7 Å². The molecule has 10 nitrogen and oxygen atoms in total. The number of halogens is 1. The van der Waals surface area contributed by atoms with E-state index in [0.717, 1.165) is 6.07 Å². The summed E-state index contributed by atoms with van der Waals surface area (Å²) in [5.41, 5.74) is -2.52. The Morgan fingerprint density at radius 2 is 1.97 bits per heavy atom. The van der Waals surface area contributed by atoms with Crippen molar-refractivity contribution < 1.29 is 37.4 Å². The van der Waals surface area contributed by atoms with E-state index in [1.807, 2.05) is 0 Å². The lowest BCUT2D eigenvalue weighted by Crippen LogP contribution is -2.42. The summed E-state index contributed by atoms with van der Waals surface area (Å²) in [6, 6.07) is 9.37. The molecule has 1 aliphatic rings. The van der Waals surface area contributed by atoms with Crippen molar-refractivity contribution in [2.75, 3.05) is 12.8 Å². The molecule has 0 spiro atoms. The van der Waals surface area contributed by atoms with Crippen molar-refractivity contribution in [3.8, 4) is 5.75 Å². The van der Waals surface area contributed by atoms with E-state index >= 15 is 4.39 Å². The van der Waals surface area contributed by atoms with Crippen molar-refractivity contribution in [2.45, 2.75) is 57.9 Å². The second-order valence-corrected chi connectivity index (χ2v) is 11.5. The Bertz CT molecular complexity index is 1220. The van der Waals surface area contributed by atoms with Crippen LogP contribution in [0.25, 0.3) is 0 Å². The average molecular weight is 545 g/mol. The van der Waals surface area contributed by atoms with Crippen molar-refractivity contribution in [3.63, 3.8) is 0 Å². The number of aliphatic hydroxyl groups is 1. The summed E-state index contributed by atoms with van der Waals surface area (Å²) in [7, 11) is -4.03. The zero-order valence-corrected chi connectivity index (χ0v) is 22.0. The first-order chi connectivity index (χ1) is 16.8. The number of nitrogens with zero attached hydrogens (tertiary/aromatic N) is 1. The minimum atomic E-state index is -4.03. The van der Waals surface area contributed by atoms with E-state index in [2.05, 4.69) is 4.98 Å². The van der Waals surface area contributed by atoms with E-state index in [4.69, 9.17) is 30.7 Å². The van der Waals surface area contributed by atoms with E-state index in [1.165, 1.54) is 24.6 Å². The molecular formula is C23H30FN2O8PS. The highest BCUT2D eigenvalue weighted by Crippen LogP contribution is 2.51. The van der Waals surface area contributed by atoms with Crippen LogP contribution in [-0.2, 0) is 23.4 Å². The molecule has 0 aliphatic carbocycles. The van der Waals surface area contributed by atoms with Gasteiger partial charge in [-0.2, -0.15) is 0 Å². The SMILES string of the molecule is CC(C)OC(=O)[C@H](C)CP(=O)(OC[C@H]1O[C@@H](n2ccc(=O)[nH]c2=S)C(C)(O)[C@H]1F)Oc1ccccc1. The molecule has 36 heavy (non-hydrogen) atoms. The molecule has 2 unspecified atom stereocenters. The Kier molecular flexibility index (Phi) is 8.89. The minimum Gasteiger partial charge on any atom is -0.463 e. The standard InChI is InChI=1S/C23H30FN2O8PS/c1-14(2)32-20(28)15(3)13-35(30,34-16-8-6-5-7-9-16)31-12-17-19(24)23(4,29)21(33-17)26-11-10-18(27)25-22(26)36/h5-11,14-15,17,19,21,29H,12-13H2,1-4H3,(H,25,27,36)/t15-,17-,19+,21-,23?,35?/m1/s1. The number of aromatic nitrogens is 2. The number of hydrogen-bond donors (Lipinski definition) is 2. The highest BCUT2D eigenvalue weighted by molar-refractivity contribution is 7.71. The minimum absolute atomic E-state index is 0.0721. The summed E-state index contributed by atoms with van der Waals surface area (Å²) < 4.78 is 52.2. The summed E-state index contributed by atoms with van der Waals surface area (Å²) in [5, 5.41) is 10.8. The summed E-state index contributed by atoms with van der Waals surface area (Å²) in [4.78, 5) is 26.2. The van der Waals surface area contributed by atoms with E-state index < -0.39 is 55.8 Å². The predicted molar refractivity (Wildman–Crippen MR) is 131 cm³/mol. The van der Waals surface area contributed by atoms with Gasteiger partial charge in [0.05, 0.1) is 24.8 Å². The van der Waals surface area contributed by atoms with Crippen LogP contribution in [0.3, 0.4) is 0 Å². The number of carbonyl (C=O) groups is 1. The topological polar surface area (TPSA) is 129 Å². The molecule has 2 aromatic rings. The van der Waals surface area contributed by atoms with Crippen LogP contribution < -0.4 is 10.1 Å². The molecule has 0 bridgehead atoms. The molecule has 13 heteroatoms. The average Bonchev–Trinajstić information content (AvgIpc) is 3.01. The number of ether oxygens (including phenoxy) is 2. The maximum absolute atomic E-state index is 15.3. The summed E-state index contributed by atoms with van der Waals surface area (Å²) in [5.74, 6) is -1.19. The van der Waals surface area contributed by atoms with Crippen molar-refractivity contribution in [2.24, 2.45) is 5.92 Å². The molecule has 1 aliphatic heterocycles. The third-order valence-electron chi connectivity index (χ3n) is 5.47. The molecule has 2 heterocycles. The molecule has 6 atom stereocenters. The fourth-order valence-corrected chi connectivity index (χ4v) is 5.80. The van der Waals surface area contributed by atoms with Crippen molar-refractivity contribution >= 4 is 25.8 Å². The van der Waals surface area contributed by atoms with Crippen LogP contribution >= 0.6 is 19.8 Å². The molecular weight excluding hydrogens is 514 g/mol. The first-order valence-electron chi connectivity index (χ1n) is 11.3. The van der Waals surface area contributed by atoms with Crippen LogP contribution in [0.1, 0.15) is 33.9 Å². The normalized spacial score (nSPS) is 26.4. The monoisotopic (exact) mass is 544 g/mol. The molecule has 1 aromatic heterocycles. The van der Waals surface area contributed by atoms with Crippen molar-refractivity contribution in [1.82, 2.24) is 9.55 Å². The number of benzene rings is 1. The molecule has 0 radical (unpaired) electrons. The van der Waals surface area contributed by atoms with E-state index in [-0.39, 0.29) is 22.8 Å². The van der Waals surface area contributed by atoms with Gasteiger partial charge in [0.2, 0.25) is 0 Å². The second kappa shape index (κ2) is 11.4. The molecule has 3 rings (SSSR count). The quantitative estimate of drug-likeness (QED) is 0.261. The molecule has 2 N–H and O–H groups in total. The van der Waals surface area contributed by atoms with E-state index in [1.54, 1.807) is 44.2 Å². The van der Waals surface area contributed by atoms with Crippen LogP contribution in [-0.4, -0.2) is 57.4 Å². The maximum Gasteiger partial charge on any atom is 0.380 e. The highest BCUT2D eigenvalue weighted by Gasteiger charge is 2.55. The summed E-state index contributed by atoms with van der Waals surface area (Å²) in [6.07, 6.45) is -4.04. The molecule has 0 amide bonds. The Hall–Kier alpha value is -2.37. The summed E-state index contributed by atoms with van der Waals surface area (Å²) in [6.45, 7) is 5.57. The smallest absolute Gasteiger partial charge is 0.380 e. The van der Waals surface area contributed by atoms with Gasteiger partial charge < -0.3 is 19.1 Å². The molecule has 198 valence electrons. The first-order valence-corrected chi connectivity index (χ1v) is 13.5. The lowest BCUT2D eigenvalue weighted by Gasteiger charge is -2.27. The third-order valence-corrected chi connectivity index (χ3v) is 7.81. The molecule has 1 saturated heterocycles. The molecule has 1 aromatic carbocycles. The third kappa shape index (κ3) is 6.68. The van der Waals surface area contributed by atoms with Crippen LogP contribution in [0.4, 0.5) is 4.39 Å². The fraction of sp³-hybridized carbons (Fsp3) is 0.522. The molecule has 0 saturated carbocycles. The van der Waals surface area contributed by atoms with Crippen LogP contribution in [0.2, 0.25) is 0 Å².